The maximum absolute atomic E-state index is 11.4. The largest absolute Gasteiger partial charge is 0.478 e. The van der Waals surface area contributed by atoms with Crippen molar-refractivity contribution in [2.24, 2.45) is 0 Å². The predicted octanol–water partition coefficient (Wildman–Crippen LogP) is 2.70. The third-order valence-corrected chi connectivity index (χ3v) is 2.73. The van der Waals surface area contributed by atoms with E-state index in [0.717, 1.165) is 38.5 Å². The van der Waals surface area contributed by atoms with Crippen molar-refractivity contribution < 1.29 is 14.7 Å². The van der Waals surface area contributed by atoms with Gasteiger partial charge in [0.25, 0.3) is 0 Å². The standard InChI is InChI=1S/C12H18O3/c13-11-8-6-4-2-1-3-5-7-10(9-11)12(14)15/h9H,1-8H2,(H,14,15)/b10-9+. The molecule has 84 valence electrons. The molecule has 0 saturated heterocycles. The van der Waals surface area contributed by atoms with E-state index >= 15 is 0 Å². The molecule has 1 aliphatic rings. The van der Waals surface area contributed by atoms with Crippen LogP contribution in [0.25, 0.3) is 0 Å². The Kier molecular flexibility index (Phi) is 5.08. The van der Waals surface area contributed by atoms with E-state index in [0.29, 0.717) is 12.8 Å². The topological polar surface area (TPSA) is 54.4 Å². The van der Waals surface area contributed by atoms with Crippen molar-refractivity contribution in [3.05, 3.63) is 11.6 Å². The van der Waals surface area contributed by atoms with Crippen molar-refractivity contribution in [3.63, 3.8) is 0 Å². The average molecular weight is 210 g/mol. The van der Waals surface area contributed by atoms with E-state index in [1.807, 2.05) is 0 Å². The van der Waals surface area contributed by atoms with Crippen LogP contribution in [0.1, 0.15) is 51.4 Å². The molecule has 0 aromatic heterocycles. The lowest BCUT2D eigenvalue weighted by Crippen LogP contribution is -2.04. The van der Waals surface area contributed by atoms with Crippen LogP contribution in [0.15, 0.2) is 11.6 Å². The third-order valence-electron chi connectivity index (χ3n) is 2.73. The van der Waals surface area contributed by atoms with Gasteiger partial charge in [-0.3, -0.25) is 4.79 Å². The Bertz CT molecular complexity index is 266. The zero-order chi connectivity index (χ0) is 11.1. The minimum absolute atomic E-state index is 0.0331. The van der Waals surface area contributed by atoms with Gasteiger partial charge in [0.2, 0.25) is 0 Å². The van der Waals surface area contributed by atoms with Crippen molar-refractivity contribution >= 4 is 11.8 Å². The fourth-order valence-corrected chi connectivity index (χ4v) is 1.83. The Morgan fingerprint density at radius 3 is 2.13 bits per heavy atom. The SMILES string of the molecule is O=C1/C=C(/C(=O)O)CCCCCCCC1. The van der Waals surface area contributed by atoms with Crippen molar-refractivity contribution in [1.82, 2.24) is 0 Å². The maximum Gasteiger partial charge on any atom is 0.331 e. The second kappa shape index (κ2) is 6.38. The molecule has 3 nitrogen and oxygen atoms in total. The first-order valence-corrected chi connectivity index (χ1v) is 5.67. The van der Waals surface area contributed by atoms with Gasteiger partial charge in [-0.25, -0.2) is 4.79 Å². The molecule has 1 N–H and O–H groups in total. The van der Waals surface area contributed by atoms with Crippen molar-refractivity contribution in [1.29, 1.82) is 0 Å². The molecule has 0 aromatic carbocycles. The quantitative estimate of drug-likeness (QED) is 0.724. The highest BCUT2D eigenvalue weighted by Crippen LogP contribution is 2.15. The van der Waals surface area contributed by atoms with Crippen LogP contribution in [0.5, 0.6) is 0 Å². The van der Waals surface area contributed by atoms with Crippen LogP contribution in [-0.2, 0) is 9.59 Å². The van der Waals surface area contributed by atoms with Crippen LogP contribution >= 0.6 is 0 Å². The fourth-order valence-electron chi connectivity index (χ4n) is 1.83. The summed E-state index contributed by atoms with van der Waals surface area (Å²) in [7, 11) is 0. The Hall–Kier alpha value is -1.12. The first-order chi connectivity index (χ1) is 7.20. The number of carboxylic acid groups (broad SMARTS) is 1. The van der Waals surface area contributed by atoms with Crippen LogP contribution in [0, 0.1) is 0 Å². The number of ketones is 1. The van der Waals surface area contributed by atoms with E-state index in [4.69, 9.17) is 5.11 Å². The molecule has 15 heavy (non-hydrogen) atoms. The smallest absolute Gasteiger partial charge is 0.331 e. The molecule has 0 aromatic rings. The summed E-state index contributed by atoms with van der Waals surface area (Å²) in [6.45, 7) is 0. The highest BCUT2D eigenvalue weighted by atomic mass is 16.4. The summed E-state index contributed by atoms with van der Waals surface area (Å²) in [5.41, 5.74) is 0.280. The molecule has 0 atom stereocenters. The summed E-state index contributed by atoms with van der Waals surface area (Å²) in [6.07, 6.45) is 8.59. The summed E-state index contributed by atoms with van der Waals surface area (Å²) in [4.78, 5) is 22.2. The number of hydrogen-bond donors (Lipinski definition) is 1. The van der Waals surface area contributed by atoms with E-state index in [1.54, 1.807) is 0 Å². The number of allylic oxidation sites excluding steroid dienone is 1. The molecule has 0 unspecified atom stereocenters. The minimum atomic E-state index is -0.942. The molecular formula is C12H18O3. The van der Waals surface area contributed by atoms with Gasteiger partial charge in [-0.05, 0) is 25.3 Å². The molecule has 0 heterocycles. The summed E-state index contributed by atoms with van der Waals surface area (Å²) >= 11 is 0. The minimum Gasteiger partial charge on any atom is -0.478 e. The summed E-state index contributed by atoms with van der Waals surface area (Å²) in [5, 5.41) is 8.88. The van der Waals surface area contributed by atoms with Crippen molar-refractivity contribution in [2.45, 2.75) is 51.4 Å². The summed E-state index contributed by atoms with van der Waals surface area (Å²) in [5.74, 6) is -0.975. The first-order valence-electron chi connectivity index (χ1n) is 5.67. The normalized spacial score (nSPS) is 23.7. The van der Waals surface area contributed by atoms with Crippen LogP contribution < -0.4 is 0 Å². The number of carboxylic acids is 1. The van der Waals surface area contributed by atoms with Gasteiger partial charge in [-0.1, -0.05) is 25.7 Å². The van der Waals surface area contributed by atoms with Crippen LogP contribution in [0.4, 0.5) is 0 Å². The van der Waals surface area contributed by atoms with Gasteiger partial charge in [-0.15, -0.1) is 0 Å². The molecule has 3 heteroatoms. The van der Waals surface area contributed by atoms with E-state index in [9.17, 15) is 9.59 Å². The van der Waals surface area contributed by atoms with Gasteiger partial charge in [0.15, 0.2) is 5.78 Å². The molecule has 0 radical (unpaired) electrons. The van der Waals surface area contributed by atoms with E-state index < -0.39 is 5.97 Å². The monoisotopic (exact) mass is 210 g/mol. The number of rotatable bonds is 1. The van der Waals surface area contributed by atoms with Gasteiger partial charge in [0.1, 0.15) is 0 Å². The lowest BCUT2D eigenvalue weighted by molar-refractivity contribution is -0.133. The van der Waals surface area contributed by atoms with Crippen molar-refractivity contribution in [3.8, 4) is 0 Å². The van der Waals surface area contributed by atoms with Crippen LogP contribution in [0.3, 0.4) is 0 Å². The van der Waals surface area contributed by atoms with Crippen LogP contribution in [0.2, 0.25) is 0 Å². The Morgan fingerprint density at radius 2 is 1.53 bits per heavy atom. The maximum atomic E-state index is 11.4. The Labute approximate surface area is 90.2 Å². The van der Waals surface area contributed by atoms with E-state index in [2.05, 4.69) is 0 Å². The second-order valence-electron chi connectivity index (χ2n) is 4.06. The van der Waals surface area contributed by atoms with E-state index in [-0.39, 0.29) is 11.4 Å². The summed E-state index contributed by atoms with van der Waals surface area (Å²) < 4.78 is 0. The Balaban J connectivity index is 2.63. The lowest BCUT2D eigenvalue weighted by Gasteiger charge is -2.00. The number of hydrogen-bond acceptors (Lipinski definition) is 2. The third kappa shape index (κ3) is 4.77. The van der Waals surface area contributed by atoms with Gasteiger partial charge in [-0.2, -0.15) is 0 Å². The highest BCUT2D eigenvalue weighted by Gasteiger charge is 2.10. The summed E-state index contributed by atoms with van der Waals surface area (Å²) in [6, 6.07) is 0. The van der Waals surface area contributed by atoms with Gasteiger partial charge in [0.05, 0.1) is 0 Å². The Morgan fingerprint density at radius 1 is 1.00 bits per heavy atom. The number of carbonyl (C=O) groups excluding carboxylic acids is 1. The lowest BCUT2D eigenvalue weighted by atomic mass is 10.1. The molecule has 0 amide bonds. The van der Waals surface area contributed by atoms with Gasteiger partial charge < -0.3 is 5.11 Å². The van der Waals surface area contributed by atoms with Gasteiger partial charge >= 0.3 is 5.97 Å². The zero-order valence-electron chi connectivity index (χ0n) is 9.00. The zero-order valence-corrected chi connectivity index (χ0v) is 9.00. The van der Waals surface area contributed by atoms with Crippen molar-refractivity contribution in [2.75, 3.05) is 0 Å². The first kappa shape index (κ1) is 12.0. The molecular weight excluding hydrogens is 192 g/mol. The molecule has 0 fully saturated rings. The molecule has 1 rings (SSSR count). The number of aliphatic carboxylic acids is 1. The van der Waals surface area contributed by atoms with Crippen LogP contribution in [-0.4, -0.2) is 16.9 Å². The second-order valence-corrected chi connectivity index (χ2v) is 4.06. The molecule has 0 spiro atoms. The molecule has 1 aliphatic carbocycles. The average Bonchev–Trinajstić information content (AvgIpc) is 2.23. The van der Waals surface area contributed by atoms with Gasteiger partial charge in [0, 0.05) is 12.0 Å². The highest BCUT2D eigenvalue weighted by molar-refractivity contribution is 5.98. The molecule has 0 saturated carbocycles. The number of carbonyl (C=O) groups is 2. The fraction of sp³-hybridized carbons (Fsp3) is 0.667. The molecule has 0 bridgehead atoms. The molecule has 0 aliphatic heterocycles. The predicted molar refractivity (Wildman–Crippen MR) is 57.7 cm³/mol. The van der Waals surface area contributed by atoms with E-state index in [1.165, 1.54) is 6.08 Å².